The standard InChI is InChI=1S/C12H11NO5/c1-8(14)10(11(15)16)13-12(17)18-7-9-5-3-2-4-6-9/h2-6H,7H2,1H3,(H,15,16)/b13-10+. The molecular weight excluding hydrogens is 238 g/mol. The molecule has 0 aliphatic rings. The van der Waals surface area contributed by atoms with Gasteiger partial charge in [0, 0.05) is 6.92 Å². The summed E-state index contributed by atoms with van der Waals surface area (Å²) < 4.78 is 4.72. The Hall–Kier alpha value is -2.50. The van der Waals surface area contributed by atoms with E-state index in [-0.39, 0.29) is 6.61 Å². The van der Waals surface area contributed by atoms with E-state index >= 15 is 0 Å². The highest BCUT2D eigenvalue weighted by Crippen LogP contribution is 2.01. The fourth-order valence-corrected chi connectivity index (χ4v) is 1.12. The lowest BCUT2D eigenvalue weighted by Crippen LogP contribution is -2.23. The van der Waals surface area contributed by atoms with Gasteiger partial charge in [0.15, 0.2) is 11.5 Å². The largest absolute Gasteiger partial charge is 0.476 e. The van der Waals surface area contributed by atoms with Crippen LogP contribution in [0.4, 0.5) is 4.79 Å². The van der Waals surface area contributed by atoms with Crippen LogP contribution in [0.1, 0.15) is 12.5 Å². The molecule has 1 aromatic carbocycles. The molecule has 6 heteroatoms. The Morgan fingerprint density at radius 3 is 2.33 bits per heavy atom. The van der Waals surface area contributed by atoms with E-state index in [1.54, 1.807) is 24.3 Å². The monoisotopic (exact) mass is 249 g/mol. The highest BCUT2D eigenvalue weighted by molar-refractivity contribution is 6.64. The molecule has 18 heavy (non-hydrogen) atoms. The number of amides is 1. The molecule has 1 amide bonds. The van der Waals surface area contributed by atoms with Crippen molar-refractivity contribution in [3.8, 4) is 0 Å². The molecule has 1 N–H and O–H groups in total. The van der Waals surface area contributed by atoms with Gasteiger partial charge in [-0.2, -0.15) is 4.99 Å². The van der Waals surface area contributed by atoms with Crippen LogP contribution in [0.3, 0.4) is 0 Å². The number of hydrogen-bond donors (Lipinski definition) is 1. The van der Waals surface area contributed by atoms with Crippen LogP contribution in [0.25, 0.3) is 0 Å². The number of Topliss-reactive ketones (excluding diaryl/α,β-unsaturated/α-hetero) is 1. The topological polar surface area (TPSA) is 93.0 Å². The van der Waals surface area contributed by atoms with Gasteiger partial charge in [0.1, 0.15) is 6.61 Å². The van der Waals surface area contributed by atoms with E-state index in [9.17, 15) is 14.4 Å². The van der Waals surface area contributed by atoms with E-state index in [1.807, 2.05) is 6.07 Å². The summed E-state index contributed by atoms with van der Waals surface area (Å²) in [4.78, 5) is 35.8. The molecule has 1 aromatic rings. The van der Waals surface area contributed by atoms with E-state index < -0.39 is 23.6 Å². The zero-order valence-electron chi connectivity index (χ0n) is 9.62. The quantitative estimate of drug-likeness (QED) is 0.643. The number of ketones is 1. The van der Waals surface area contributed by atoms with Crippen LogP contribution in [0.15, 0.2) is 35.3 Å². The van der Waals surface area contributed by atoms with E-state index in [2.05, 4.69) is 4.99 Å². The third kappa shape index (κ3) is 4.17. The summed E-state index contributed by atoms with van der Waals surface area (Å²) in [5, 5.41) is 8.62. The van der Waals surface area contributed by atoms with Gasteiger partial charge in [0.05, 0.1) is 0 Å². The molecule has 6 nitrogen and oxygen atoms in total. The van der Waals surface area contributed by atoms with Crippen LogP contribution in [0.2, 0.25) is 0 Å². The highest BCUT2D eigenvalue weighted by Gasteiger charge is 2.17. The normalized spacial score (nSPS) is 10.8. The van der Waals surface area contributed by atoms with Crippen molar-refractivity contribution in [2.24, 2.45) is 4.99 Å². The zero-order valence-corrected chi connectivity index (χ0v) is 9.62. The lowest BCUT2D eigenvalue weighted by molar-refractivity contribution is -0.130. The Bertz CT molecular complexity index is 476. The molecule has 0 aliphatic heterocycles. The van der Waals surface area contributed by atoms with Gasteiger partial charge in [-0.05, 0) is 5.56 Å². The lowest BCUT2D eigenvalue weighted by Gasteiger charge is -2.01. The van der Waals surface area contributed by atoms with Gasteiger partial charge >= 0.3 is 12.1 Å². The zero-order chi connectivity index (χ0) is 13.5. The van der Waals surface area contributed by atoms with Gasteiger partial charge in [0.25, 0.3) is 0 Å². The van der Waals surface area contributed by atoms with E-state index in [1.165, 1.54) is 0 Å². The SMILES string of the molecule is CC(=O)/C(=N\C(=O)OCc1ccccc1)C(=O)O. The maximum Gasteiger partial charge on any atom is 0.434 e. The van der Waals surface area contributed by atoms with Gasteiger partial charge in [-0.15, -0.1) is 0 Å². The summed E-state index contributed by atoms with van der Waals surface area (Å²) >= 11 is 0. The second kappa shape index (κ2) is 6.29. The van der Waals surface area contributed by atoms with Crippen LogP contribution in [-0.4, -0.2) is 28.7 Å². The Morgan fingerprint density at radius 1 is 1.22 bits per heavy atom. The molecule has 94 valence electrons. The predicted octanol–water partition coefficient (Wildman–Crippen LogP) is 1.44. The van der Waals surface area contributed by atoms with E-state index in [0.29, 0.717) is 0 Å². The van der Waals surface area contributed by atoms with Gasteiger partial charge in [-0.25, -0.2) is 9.59 Å². The molecule has 0 heterocycles. The summed E-state index contributed by atoms with van der Waals surface area (Å²) in [5.41, 5.74) is -0.103. The molecule has 0 spiro atoms. The number of aliphatic imine (C=N–C) groups is 1. The molecule has 0 aliphatic carbocycles. The fraction of sp³-hybridized carbons (Fsp3) is 0.167. The maximum atomic E-state index is 11.2. The van der Waals surface area contributed by atoms with Crippen LogP contribution in [0, 0.1) is 0 Å². The summed E-state index contributed by atoms with van der Waals surface area (Å²) in [6, 6.07) is 8.82. The number of aliphatic carboxylic acids is 1. The summed E-state index contributed by atoms with van der Waals surface area (Å²) in [6.45, 7) is 0.978. The lowest BCUT2D eigenvalue weighted by atomic mass is 10.2. The molecule has 0 unspecified atom stereocenters. The molecule has 1 rings (SSSR count). The number of hydrogen-bond acceptors (Lipinski definition) is 4. The van der Waals surface area contributed by atoms with Gasteiger partial charge in [0.2, 0.25) is 0 Å². The van der Waals surface area contributed by atoms with Gasteiger partial charge < -0.3 is 9.84 Å². The minimum atomic E-state index is -1.56. The number of benzene rings is 1. The number of ether oxygens (including phenoxy) is 1. The third-order valence-corrected chi connectivity index (χ3v) is 1.94. The first kappa shape index (κ1) is 13.6. The molecule has 0 atom stereocenters. The second-order valence-electron chi connectivity index (χ2n) is 3.36. The van der Waals surface area contributed by atoms with Crippen molar-refractivity contribution in [3.63, 3.8) is 0 Å². The maximum absolute atomic E-state index is 11.2. The highest BCUT2D eigenvalue weighted by atomic mass is 16.5. The Kier molecular flexibility index (Phi) is 4.74. The Morgan fingerprint density at radius 2 is 1.83 bits per heavy atom. The first-order valence-electron chi connectivity index (χ1n) is 5.04. The Balaban J connectivity index is 2.64. The average Bonchev–Trinajstić information content (AvgIpc) is 2.34. The number of carbonyl (C=O) groups excluding carboxylic acids is 2. The van der Waals surface area contributed by atoms with Crippen LogP contribution >= 0.6 is 0 Å². The molecule has 0 radical (unpaired) electrons. The van der Waals surface area contributed by atoms with Crippen molar-refractivity contribution < 1.29 is 24.2 Å². The minimum absolute atomic E-state index is 0.0338. The van der Waals surface area contributed by atoms with E-state index in [0.717, 1.165) is 12.5 Å². The number of nitrogens with zero attached hydrogens (tertiary/aromatic N) is 1. The van der Waals surface area contributed by atoms with Crippen LogP contribution in [-0.2, 0) is 20.9 Å². The van der Waals surface area contributed by atoms with Gasteiger partial charge in [-0.1, -0.05) is 30.3 Å². The number of carbonyl (C=O) groups is 3. The molecule has 0 bridgehead atoms. The molecular formula is C12H11NO5. The van der Waals surface area contributed by atoms with Crippen LogP contribution in [0.5, 0.6) is 0 Å². The molecule has 0 fully saturated rings. The first-order chi connectivity index (χ1) is 8.50. The van der Waals surface area contributed by atoms with Crippen molar-refractivity contribution in [1.29, 1.82) is 0 Å². The second-order valence-corrected chi connectivity index (χ2v) is 3.36. The number of carboxylic acid groups (broad SMARTS) is 1. The smallest absolute Gasteiger partial charge is 0.434 e. The number of rotatable bonds is 4. The minimum Gasteiger partial charge on any atom is -0.476 e. The van der Waals surface area contributed by atoms with Crippen LogP contribution < -0.4 is 0 Å². The van der Waals surface area contributed by atoms with Crippen molar-refractivity contribution >= 4 is 23.6 Å². The predicted molar refractivity (Wildman–Crippen MR) is 62.4 cm³/mol. The molecule has 0 saturated carbocycles. The van der Waals surface area contributed by atoms with Crippen molar-refractivity contribution in [1.82, 2.24) is 0 Å². The fourth-order valence-electron chi connectivity index (χ4n) is 1.12. The average molecular weight is 249 g/mol. The summed E-state index contributed by atoms with van der Waals surface area (Å²) in [6.07, 6.45) is -1.11. The Labute approximate surface area is 103 Å². The summed E-state index contributed by atoms with van der Waals surface area (Å²) in [5.74, 6) is -2.36. The number of carboxylic acids is 1. The molecule has 0 aromatic heterocycles. The van der Waals surface area contributed by atoms with Crippen molar-refractivity contribution in [2.75, 3.05) is 0 Å². The van der Waals surface area contributed by atoms with Gasteiger partial charge in [-0.3, -0.25) is 4.79 Å². The third-order valence-electron chi connectivity index (χ3n) is 1.94. The van der Waals surface area contributed by atoms with Crippen molar-refractivity contribution in [2.45, 2.75) is 13.5 Å². The first-order valence-corrected chi connectivity index (χ1v) is 5.04. The van der Waals surface area contributed by atoms with E-state index in [4.69, 9.17) is 9.84 Å². The summed E-state index contributed by atoms with van der Waals surface area (Å²) in [7, 11) is 0. The van der Waals surface area contributed by atoms with Crippen molar-refractivity contribution in [3.05, 3.63) is 35.9 Å². The molecule has 0 saturated heterocycles.